The predicted octanol–water partition coefficient (Wildman–Crippen LogP) is 4.00. The number of carbonyl (C=O) groups excluding carboxylic acids is 1. The second-order valence-corrected chi connectivity index (χ2v) is 8.37. The van der Waals surface area contributed by atoms with Gasteiger partial charge in [-0.15, -0.1) is 0 Å². The van der Waals surface area contributed by atoms with Gasteiger partial charge in [-0.2, -0.15) is 0 Å². The lowest BCUT2D eigenvalue weighted by atomic mass is 10.1. The maximum atomic E-state index is 13.8. The van der Waals surface area contributed by atoms with Crippen LogP contribution in [0.25, 0.3) is 0 Å². The standard InChI is InChI=1S/C23H26Cl2FN5O2/c1-15(20-17(24)6-7-18(26)21(20)25)33-19-13-16(14-30-22(19)27)5-4-8-28-23(32)29-9-12-31-10-2-3-11-31/h6-7,13-15H,2-3,8-12H2,1H3,(H2,27,30)(H2,28,29,32). The third-order valence-corrected chi connectivity index (χ3v) is 5.87. The first-order valence-corrected chi connectivity index (χ1v) is 11.4. The molecule has 1 saturated heterocycles. The van der Waals surface area contributed by atoms with Crippen molar-refractivity contribution in [3.05, 3.63) is 51.4 Å². The van der Waals surface area contributed by atoms with Gasteiger partial charge in [0.05, 0.1) is 11.6 Å². The zero-order valence-corrected chi connectivity index (χ0v) is 19.8. The van der Waals surface area contributed by atoms with E-state index in [-0.39, 0.29) is 34.2 Å². The number of hydrogen-bond donors (Lipinski definition) is 3. The zero-order valence-electron chi connectivity index (χ0n) is 18.3. The van der Waals surface area contributed by atoms with Gasteiger partial charge in [-0.05, 0) is 45.0 Å². The molecule has 2 amide bonds. The van der Waals surface area contributed by atoms with Crippen molar-refractivity contribution in [1.29, 1.82) is 0 Å². The largest absolute Gasteiger partial charge is 0.482 e. The van der Waals surface area contributed by atoms with Crippen LogP contribution in [0.1, 0.15) is 37.0 Å². The minimum absolute atomic E-state index is 0.109. The lowest BCUT2D eigenvalue weighted by Gasteiger charge is -2.18. The van der Waals surface area contributed by atoms with Gasteiger partial charge < -0.3 is 26.0 Å². The summed E-state index contributed by atoms with van der Waals surface area (Å²) in [5.41, 5.74) is 6.77. The fourth-order valence-electron chi connectivity index (χ4n) is 3.45. The Morgan fingerprint density at radius 2 is 2.09 bits per heavy atom. The summed E-state index contributed by atoms with van der Waals surface area (Å²) in [6.45, 7) is 5.48. The van der Waals surface area contributed by atoms with Gasteiger partial charge in [0.1, 0.15) is 11.9 Å². The van der Waals surface area contributed by atoms with Gasteiger partial charge in [-0.3, -0.25) is 0 Å². The smallest absolute Gasteiger partial charge is 0.315 e. The molecule has 0 aliphatic carbocycles. The lowest BCUT2D eigenvalue weighted by Crippen LogP contribution is -2.39. The molecule has 1 atom stereocenters. The predicted molar refractivity (Wildman–Crippen MR) is 128 cm³/mol. The summed E-state index contributed by atoms with van der Waals surface area (Å²) in [5.74, 6) is 5.58. The number of nitrogens with two attached hydrogens (primary N) is 1. The Morgan fingerprint density at radius 3 is 2.85 bits per heavy atom. The fraction of sp³-hybridized carbons (Fsp3) is 0.391. The summed E-state index contributed by atoms with van der Waals surface area (Å²) in [5, 5.41) is 5.68. The minimum atomic E-state index is -0.682. The molecule has 33 heavy (non-hydrogen) atoms. The van der Waals surface area contributed by atoms with Crippen LogP contribution in [0.5, 0.6) is 5.75 Å². The third kappa shape index (κ3) is 7.13. The number of nitrogens with zero attached hydrogens (tertiary/aromatic N) is 2. The molecule has 0 saturated carbocycles. The van der Waals surface area contributed by atoms with Crippen molar-refractivity contribution in [1.82, 2.24) is 20.5 Å². The van der Waals surface area contributed by atoms with Crippen molar-refractivity contribution in [2.24, 2.45) is 0 Å². The molecule has 4 N–H and O–H groups in total. The second-order valence-electron chi connectivity index (χ2n) is 7.58. The average molecular weight is 494 g/mol. The van der Waals surface area contributed by atoms with Crippen LogP contribution < -0.4 is 21.1 Å². The van der Waals surface area contributed by atoms with E-state index in [1.165, 1.54) is 31.2 Å². The van der Waals surface area contributed by atoms with Gasteiger partial charge in [0.15, 0.2) is 11.6 Å². The Balaban J connectivity index is 1.53. The molecule has 0 spiro atoms. The topological polar surface area (TPSA) is 92.5 Å². The van der Waals surface area contributed by atoms with E-state index in [1.54, 1.807) is 13.0 Å². The molecule has 1 aliphatic rings. The summed E-state index contributed by atoms with van der Waals surface area (Å²) >= 11 is 12.2. The van der Waals surface area contributed by atoms with Crippen LogP contribution in [0.4, 0.5) is 15.0 Å². The van der Waals surface area contributed by atoms with Crippen molar-refractivity contribution < 1.29 is 13.9 Å². The molecule has 1 unspecified atom stereocenters. The highest BCUT2D eigenvalue weighted by molar-refractivity contribution is 6.36. The molecule has 2 heterocycles. The van der Waals surface area contributed by atoms with Crippen LogP contribution in [0.15, 0.2) is 24.4 Å². The number of nitrogens with one attached hydrogen (secondary N) is 2. The first-order valence-electron chi connectivity index (χ1n) is 10.6. The molecular weight excluding hydrogens is 468 g/mol. The monoisotopic (exact) mass is 493 g/mol. The summed E-state index contributed by atoms with van der Waals surface area (Å²) in [4.78, 5) is 18.3. The first-order chi connectivity index (χ1) is 15.8. The van der Waals surface area contributed by atoms with Gasteiger partial charge in [0.25, 0.3) is 0 Å². The molecule has 0 bridgehead atoms. The van der Waals surface area contributed by atoms with Crippen molar-refractivity contribution in [3.63, 3.8) is 0 Å². The molecule has 1 aliphatic heterocycles. The van der Waals surface area contributed by atoms with Crippen molar-refractivity contribution in [2.45, 2.75) is 25.9 Å². The van der Waals surface area contributed by atoms with E-state index >= 15 is 0 Å². The number of pyridine rings is 1. The fourth-order valence-corrected chi connectivity index (χ4v) is 4.13. The Hall–Kier alpha value is -2.73. The van der Waals surface area contributed by atoms with Crippen LogP contribution in [0.2, 0.25) is 10.0 Å². The van der Waals surface area contributed by atoms with E-state index in [9.17, 15) is 9.18 Å². The number of nitrogen functional groups attached to an aromatic ring is 1. The maximum Gasteiger partial charge on any atom is 0.315 e. The number of halogens is 3. The molecule has 1 aromatic carbocycles. The quantitative estimate of drug-likeness (QED) is 0.400. The summed E-state index contributed by atoms with van der Waals surface area (Å²) in [7, 11) is 0. The number of ether oxygens (including phenoxy) is 1. The molecule has 0 radical (unpaired) electrons. The maximum absolute atomic E-state index is 13.8. The average Bonchev–Trinajstić information content (AvgIpc) is 3.30. The molecule has 10 heteroatoms. The van der Waals surface area contributed by atoms with E-state index in [0.717, 1.165) is 19.6 Å². The zero-order chi connectivity index (χ0) is 23.8. The van der Waals surface area contributed by atoms with Gasteiger partial charge in [-0.25, -0.2) is 14.2 Å². The highest BCUT2D eigenvalue weighted by Crippen LogP contribution is 2.35. The number of rotatable bonds is 7. The summed E-state index contributed by atoms with van der Waals surface area (Å²) in [6.07, 6.45) is 3.26. The molecule has 2 aromatic rings. The third-order valence-electron chi connectivity index (χ3n) is 5.15. The molecule has 1 fully saturated rings. The van der Waals surface area contributed by atoms with Crippen LogP contribution in [-0.2, 0) is 0 Å². The van der Waals surface area contributed by atoms with Crippen LogP contribution >= 0.6 is 23.2 Å². The number of urea groups is 1. The van der Waals surface area contributed by atoms with E-state index in [2.05, 4.69) is 32.4 Å². The Morgan fingerprint density at radius 1 is 1.33 bits per heavy atom. The van der Waals surface area contributed by atoms with Crippen molar-refractivity contribution in [2.75, 3.05) is 38.5 Å². The normalized spacial score (nSPS) is 14.3. The Bertz CT molecular complexity index is 1050. The van der Waals surface area contributed by atoms with Crippen LogP contribution in [0, 0.1) is 17.7 Å². The SMILES string of the molecule is CC(Oc1cc(C#CCNC(=O)NCCN2CCCC2)cnc1N)c1c(Cl)ccc(F)c1Cl. The highest BCUT2D eigenvalue weighted by atomic mass is 35.5. The van der Waals surface area contributed by atoms with Crippen LogP contribution in [-0.4, -0.2) is 48.6 Å². The lowest BCUT2D eigenvalue weighted by molar-refractivity contribution is 0.227. The summed E-state index contributed by atoms with van der Waals surface area (Å²) in [6, 6.07) is 3.95. The summed E-state index contributed by atoms with van der Waals surface area (Å²) < 4.78 is 19.7. The van der Waals surface area contributed by atoms with Crippen molar-refractivity contribution >= 4 is 35.1 Å². The molecule has 176 valence electrons. The van der Waals surface area contributed by atoms with Crippen molar-refractivity contribution in [3.8, 4) is 17.6 Å². The van der Waals surface area contributed by atoms with E-state index in [1.807, 2.05) is 0 Å². The Kier molecular flexibility index (Phi) is 9.01. The van der Waals surface area contributed by atoms with E-state index in [4.69, 9.17) is 33.7 Å². The molecular formula is C23H26Cl2FN5O2. The molecule has 7 nitrogen and oxygen atoms in total. The number of aromatic nitrogens is 1. The van der Waals surface area contributed by atoms with Gasteiger partial charge in [-0.1, -0.05) is 35.0 Å². The van der Waals surface area contributed by atoms with Gasteiger partial charge in [0.2, 0.25) is 0 Å². The number of likely N-dealkylation sites (tertiary alicyclic amines) is 1. The number of amides is 2. The number of hydrogen-bond acceptors (Lipinski definition) is 5. The van der Waals surface area contributed by atoms with Gasteiger partial charge >= 0.3 is 6.03 Å². The molecule has 1 aromatic heterocycles. The number of carbonyl (C=O) groups is 1. The second kappa shape index (κ2) is 11.9. The van der Waals surface area contributed by atoms with E-state index < -0.39 is 11.9 Å². The highest BCUT2D eigenvalue weighted by Gasteiger charge is 2.20. The minimum Gasteiger partial charge on any atom is -0.482 e. The number of benzene rings is 1. The first kappa shape index (κ1) is 24.9. The van der Waals surface area contributed by atoms with Gasteiger partial charge in [0, 0.05) is 41.5 Å². The van der Waals surface area contributed by atoms with E-state index in [0.29, 0.717) is 17.7 Å². The van der Waals surface area contributed by atoms with Crippen LogP contribution in [0.3, 0.4) is 0 Å². The number of anilines is 1. The molecule has 3 rings (SSSR count). The Labute approximate surface area is 202 Å².